The summed E-state index contributed by atoms with van der Waals surface area (Å²) in [4.78, 5) is 51.5. The van der Waals surface area contributed by atoms with Gasteiger partial charge in [0.25, 0.3) is 11.8 Å². The van der Waals surface area contributed by atoms with Crippen LogP contribution in [-0.2, 0) is 16.6 Å². The highest BCUT2D eigenvalue weighted by molar-refractivity contribution is 6.34. The van der Waals surface area contributed by atoms with Crippen molar-refractivity contribution in [1.29, 1.82) is 0 Å². The topological polar surface area (TPSA) is 155 Å². The Morgan fingerprint density at radius 3 is 2.20 bits per heavy atom. The molecule has 0 radical (unpaired) electrons. The fraction of sp³-hybridized carbons (Fsp3) is 0.296. The summed E-state index contributed by atoms with van der Waals surface area (Å²) in [6.45, 7) is 0.694. The van der Waals surface area contributed by atoms with Crippen LogP contribution in [0.2, 0.25) is 5.02 Å². The summed E-state index contributed by atoms with van der Waals surface area (Å²) < 4.78 is 66.5. The van der Waals surface area contributed by atoms with Gasteiger partial charge in [0.05, 0.1) is 36.1 Å². The summed E-state index contributed by atoms with van der Waals surface area (Å²) in [5.74, 6) is -6.58. The second-order valence-electron chi connectivity index (χ2n) is 9.26. The normalized spacial score (nSPS) is 10.9. The Labute approximate surface area is 258 Å². The van der Waals surface area contributed by atoms with Crippen molar-refractivity contribution in [3.8, 4) is 17.0 Å². The molecule has 0 aliphatic carbocycles. The van der Waals surface area contributed by atoms with Crippen LogP contribution in [-0.4, -0.2) is 90.3 Å². The number of amides is 3. The molecule has 0 aliphatic heterocycles. The molecule has 1 heterocycles. The molecule has 18 heteroatoms. The van der Waals surface area contributed by atoms with Gasteiger partial charge in [-0.15, -0.1) is 0 Å². The van der Waals surface area contributed by atoms with E-state index in [1.54, 1.807) is 19.0 Å². The molecule has 4 N–H and O–H groups in total. The fourth-order valence-corrected chi connectivity index (χ4v) is 3.80. The number of carbonyl (C=O) groups is 4. The number of rotatable bonds is 10. The molecule has 2 aromatic carbocycles. The summed E-state index contributed by atoms with van der Waals surface area (Å²) in [6.07, 6.45) is -3.83. The molecule has 0 bridgehead atoms. The molecule has 0 saturated carbocycles. The first-order chi connectivity index (χ1) is 21.0. The van der Waals surface area contributed by atoms with Crippen LogP contribution in [0.5, 0.6) is 5.75 Å². The highest BCUT2D eigenvalue weighted by Gasteiger charge is 2.38. The number of nitrogens with zero attached hydrogens (tertiary/aromatic N) is 3. The van der Waals surface area contributed by atoms with Gasteiger partial charge < -0.3 is 35.3 Å². The molecule has 1 aromatic heterocycles. The molecule has 0 spiro atoms. The van der Waals surface area contributed by atoms with Crippen LogP contribution in [0.1, 0.15) is 21.0 Å². The van der Waals surface area contributed by atoms with Crippen LogP contribution in [0, 0.1) is 11.6 Å². The van der Waals surface area contributed by atoms with E-state index in [0.29, 0.717) is 5.69 Å². The molecule has 12 nitrogen and oxygen atoms in total. The van der Waals surface area contributed by atoms with E-state index in [2.05, 4.69) is 20.9 Å². The minimum absolute atomic E-state index is 0.0649. The van der Waals surface area contributed by atoms with E-state index in [1.807, 2.05) is 0 Å². The Kier molecular flexibility index (Phi) is 12.8. The van der Waals surface area contributed by atoms with E-state index in [-0.39, 0.29) is 59.0 Å². The maximum absolute atomic E-state index is 14.5. The number of methoxy groups -OCH3 is 1. The number of aromatic nitrogens is 2. The van der Waals surface area contributed by atoms with E-state index >= 15 is 0 Å². The highest BCUT2D eigenvalue weighted by Crippen LogP contribution is 2.30. The second-order valence-corrected chi connectivity index (χ2v) is 9.67. The zero-order valence-corrected chi connectivity index (χ0v) is 24.9. The van der Waals surface area contributed by atoms with Crippen LogP contribution >= 0.6 is 11.6 Å². The van der Waals surface area contributed by atoms with Gasteiger partial charge in [0, 0.05) is 31.4 Å². The number of benzene rings is 2. The van der Waals surface area contributed by atoms with Crippen molar-refractivity contribution in [2.24, 2.45) is 7.05 Å². The molecule has 0 unspecified atom stereocenters. The first kappa shape index (κ1) is 36.4. The number of aliphatic carboxylic acids is 1. The first-order valence-corrected chi connectivity index (χ1v) is 13.0. The number of carbonyl (C=O) groups excluding carboxylic acids is 3. The van der Waals surface area contributed by atoms with Crippen molar-refractivity contribution in [2.75, 3.05) is 46.2 Å². The van der Waals surface area contributed by atoms with Crippen molar-refractivity contribution >= 4 is 41.0 Å². The van der Waals surface area contributed by atoms with Crippen LogP contribution in [0.25, 0.3) is 11.3 Å². The molecular formula is C27H28ClF5N6O6. The number of anilines is 1. The predicted molar refractivity (Wildman–Crippen MR) is 152 cm³/mol. The Balaban J connectivity index is 0.000000900. The number of nitrogens with one attached hydrogen (secondary N) is 3. The Morgan fingerprint density at radius 1 is 1.02 bits per heavy atom. The first-order valence-electron chi connectivity index (χ1n) is 12.6. The summed E-state index contributed by atoms with van der Waals surface area (Å²) in [7, 11) is 6.26. The van der Waals surface area contributed by atoms with Crippen molar-refractivity contribution < 1.29 is 51.0 Å². The fourth-order valence-electron chi connectivity index (χ4n) is 3.54. The lowest BCUT2D eigenvalue weighted by atomic mass is 10.1. The maximum Gasteiger partial charge on any atom is 0.490 e. The smallest absolute Gasteiger partial charge is 0.490 e. The monoisotopic (exact) mass is 662 g/mol. The SMILES string of the molecule is COc1ccc(-c2cnc(C(=O)Nc3ccc(C(=O)NCCNC(=O)CN(C)C)c(Cl)c3)n2C)c(F)c1F.O=C(O)C(F)(F)F. The maximum atomic E-state index is 14.5. The van der Waals surface area contributed by atoms with Gasteiger partial charge in [0.2, 0.25) is 11.7 Å². The predicted octanol–water partition coefficient (Wildman–Crippen LogP) is 3.32. The molecular weight excluding hydrogens is 635 g/mol. The van der Waals surface area contributed by atoms with Gasteiger partial charge in [0.15, 0.2) is 17.4 Å². The lowest BCUT2D eigenvalue weighted by Crippen LogP contribution is -2.38. The number of likely N-dealkylation sites (N-methyl/N-ethyl adjacent to an activating group) is 1. The van der Waals surface area contributed by atoms with Gasteiger partial charge in [-0.2, -0.15) is 17.6 Å². The number of carboxylic acid groups (broad SMARTS) is 1. The third kappa shape index (κ3) is 10.1. The van der Waals surface area contributed by atoms with Gasteiger partial charge >= 0.3 is 12.1 Å². The standard InChI is InChI=1S/C25H27ClF2N6O4.C2HF3O2/c1-33(2)13-20(35)29-9-10-30-24(36)15-6-5-14(11-17(15)26)32-25(37)23-31-12-18(34(23)3)16-7-8-19(38-4)22(28)21(16)27;3-2(4,5)1(6)7/h5-8,11-12H,9-10,13H2,1-4H3,(H,29,35)(H,30,36)(H,32,37);(H,6,7). The summed E-state index contributed by atoms with van der Waals surface area (Å²) in [5.41, 5.74) is 0.560. The number of hydrogen-bond acceptors (Lipinski definition) is 7. The Hall–Kier alpha value is -4.77. The number of ether oxygens (including phenoxy) is 1. The van der Waals surface area contributed by atoms with Gasteiger partial charge in [-0.05, 0) is 44.4 Å². The lowest BCUT2D eigenvalue weighted by molar-refractivity contribution is -0.192. The molecule has 3 amide bonds. The molecule has 0 atom stereocenters. The van der Waals surface area contributed by atoms with E-state index in [0.717, 1.165) is 0 Å². The summed E-state index contributed by atoms with van der Waals surface area (Å²) in [5, 5.41) is 15.2. The average Bonchev–Trinajstić information content (AvgIpc) is 3.33. The minimum atomic E-state index is -5.08. The van der Waals surface area contributed by atoms with Crippen LogP contribution in [0.15, 0.2) is 36.5 Å². The van der Waals surface area contributed by atoms with Crippen molar-refractivity contribution in [2.45, 2.75) is 6.18 Å². The van der Waals surface area contributed by atoms with Gasteiger partial charge in [-0.25, -0.2) is 14.2 Å². The highest BCUT2D eigenvalue weighted by atomic mass is 35.5. The summed E-state index contributed by atoms with van der Waals surface area (Å²) >= 11 is 6.25. The zero-order chi connectivity index (χ0) is 34.1. The number of hydrogen-bond donors (Lipinski definition) is 4. The zero-order valence-electron chi connectivity index (χ0n) is 24.2. The molecule has 3 rings (SSSR count). The van der Waals surface area contributed by atoms with Crippen LogP contribution < -0.4 is 20.7 Å². The van der Waals surface area contributed by atoms with E-state index in [4.69, 9.17) is 26.2 Å². The van der Waals surface area contributed by atoms with Crippen molar-refractivity contribution in [3.05, 3.63) is 64.6 Å². The lowest BCUT2D eigenvalue weighted by Gasteiger charge is -2.12. The van der Waals surface area contributed by atoms with Gasteiger partial charge in [-0.3, -0.25) is 14.4 Å². The van der Waals surface area contributed by atoms with Crippen molar-refractivity contribution in [3.63, 3.8) is 0 Å². The Morgan fingerprint density at radius 2 is 1.64 bits per heavy atom. The molecule has 0 fully saturated rings. The number of carboxylic acids is 1. The quantitative estimate of drug-likeness (QED) is 0.190. The number of imidazole rings is 1. The van der Waals surface area contributed by atoms with Gasteiger partial charge in [-0.1, -0.05) is 11.6 Å². The van der Waals surface area contributed by atoms with E-state index in [1.165, 1.54) is 55.3 Å². The molecule has 3 aromatic rings. The van der Waals surface area contributed by atoms with Crippen LogP contribution in [0.4, 0.5) is 27.6 Å². The average molecular weight is 663 g/mol. The number of alkyl halides is 3. The molecule has 45 heavy (non-hydrogen) atoms. The second kappa shape index (κ2) is 15.8. The third-order valence-corrected chi connectivity index (χ3v) is 5.95. The molecule has 0 saturated heterocycles. The van der Waals surface area contributed by atoms with E-state index in [9.17, 15) is 36.3 Å². The minimum Gasteiger partial charge on any atom is -0.494 e. The molecule has 0 aliphatic rings. The summed E-state index contributed by atoms with van der Waals surface area (Å²) in [6, 6.07) is 6.94. The largest absolute Gasteiger partial charge is 0.494 e. The van der Waals surface area contributed by atoms with E-state index < -0.39 is 35.6 Å². The molecule has 244 valence electrons. The van der Waals surface area contributed by atoms with Gasteiger partial charge in [0.1, 0.15) is 0 Å². The number of halogens is 6. The van der Waals surface area contributed by atoms with Crippen LogP contribution in [0.3, 0.4) is 0 Å². The third-order valence-electron chi connectivity index (χ3n) is 5.64. The van der Waals surface area contributed by atoms with Crippen molar-refractivity contribution in [1.82, 2.24) is 25.1 Å². The Bertz CT molecular complexity index is 1560.